The largest absolute Gasteiger partial charge is 0.481 e. The molecular weight excluding hydrogens is 226 g/mol. The van der Waals surface area contributed by atoms with Gasteiger partial charge in [0.2, 0.25) is 0 Å². The molecule has 2 aliphatic rings. The third-order valence-electron chi connectivity index (χ3n) is 3.52. The Morgan fingerprint density at radius 3 is 2.24 bits per heavy atom. The van der Waals surface area contributed by atoms with Gasteiger partial charge in [-0.3, -0.25) is 14.5 Å². The molecule has 2 heterocycles. The first-order chi connectivity index (χ1) is 7.84. The Morgan fingerprint density at radius 2 is 1.76 bits per heavy atom. The Labute approximate surface area is 99.8 Å². The van der Waals surface area contributed by atoms with E-state index in [0.29, 0.717) is 12.5 Å². The Morgan fingerprint density at radius 1 is 1.24 bits per heavy atom. The summed E-state index contributed by atoms with van der Waals surface area (Å²) in [7, 11) is 1.96. The van der Waals surface area contributed by atoms with Crippen molar-refractivity contribution < 1.29 is 24.9 Å². The number of carboxylic acids is 2. The minimum atomic E-state index is -0.857. The zero-order chi connectivity index (χ0) is 13.2. The van der Waals surface area contributed by atoms with Crippen molar-refractivity contribution in [3.8, 4) is 0 Å². The molecule has 2 rings (SSSR count). The zero-order valence-electron chi connectivity index (χ0n) is 10.0. The standard InChI is InChI=1S/C9H15NO3.C2H4O2/c1-10-5-2-3-6(10)8(9(12)13)7(11)4-5;1-2(3)4/h5-8,11H,2-4H2,1H3,(H,12,13);1H3,(H,3,4)/t5?,6?,7-,8?;/m0./s1. The number of aliphatic hydroxyl groups excluding tert-OH is 1. The van der Waals surface area contributed by atoms with Crippen molar-refractivity contribution in [3.63, 3.8) is 0 Å². The van der Waals surface area contributed by atoms with Gasteiger partial charge in [-0.25, -0.2) is 0 Å². The molecule has 3 unspecified atom stereocenters. The van der Waals surface area contributed by atoms with Crippen LogP contribution in [0.4, 0.5) is 0 Å². The van der Waals surface area contributed by atoms with E-state index in [4.69, 9.17) is 15.0 Å². The summed E-state index contributed by atoms with van der Waals surface area (Å²) in [5, 5.41) is 26.0. The molecule has 0 saturated carbocycles. The van der Waals surface area contributed by atoms with Gasteiger partial charge in [-0.2, -0.15) is 0 Å². The summed E-state index contributed by atoms with van der Waals surface area (Å²) in [4.78, 5) is 22.0. The maximum atomic E-state index is 10.9. The highest BCUT2D eigenvalue weighted by molar-refractivity contribution is 5.72. The molecule has 17 heavy (non-hydrogen) atoms. The number of fused-ring (bicyclic) bond motifs is 2. The summed E-state index contributed by atoms with van der Waals surface area (Å²) in [6, 6.07) is 0.446. The molecule has 2 aliphatic heterocycles. The Hall–Kier alpha value is -1.14. The minimum Gasteiger partial charge on any atom is -0.481 e. The molecule has 0 aromatic heterocycles. The van der Waals surface area contributed by atoms with Gasteiger partial charge in [-0.1, -0.05) is 0 Å². The Kier molecular flexibility index (Phi) is 4.47. The van der Waals surface area contributed by atoms with Crippen molar-refractivity contribution in [3.05, 3.63) is 0 Å². The number of carbonyl (C=O) groups is 2. The summed E-state index contributed by atoms with van der Waals surface area (Å²) < 4.78 is 0. The molecule has 2 saturated heterocycles. The van der Waals surface area contributed by atoms with Crippen LogP contribution in [0.15, 0.2) is 0 Å². The summed E-state index contributed by atoms with van der Waals surface area (Å²) >= 11 is 0. The van der Waals surface area contributed by atoms with Crippen molar-refractivity contribution in [2.45, 2.75) is 44.4 Å². The molecule has 3 N–H and O–H groups in total. The van der Waals surface area contributed by atoms with E-state index in [1.807, 2.05) is 7.05 Å². The number of carboxylic acid groups (broad SMARTS) is 2. The SMILES string of the molecule is CC(=O)O.CN1C2CCC1C(C(=O)O)[C@@H](O)C2. The molecule has 0 aromatic carbocycles. The minimum absolute atomic E-state index is 0.0475. The first-order valence-corrected chi connectivity index (χ1v) is 5.67. The average molecular weight is 245 g/mol. The number of aliphatic hydroxyl groups is 1. The molecule has 0 aromatic rings. The summed E-state index contributed by atoms with van der Waals surface area (Å²) in [5.74, 6) is -2.27. The number of rotatable bonds is 1. The normalized spacial score (nSPS) is 35.9. The third kappa shape index (κ3) is 3.17. The summed E-state index contributed by atoms with van der Waals surface area (Å²) in [6.07, 6.45) is 1.91. The van der Waals surface area contributed by atoms with Gasteiger partial charge in [-0.05, 0) is 26.3 Å². The smallest absolute Gasteiger partial charge is 0.310 e. The predicted molar refractivity (Wildman–Crippen MR) is 59.6 cm³/mol. The maximum absolute atomic E-state index is 10.9. The first-order valence-electron chi connectivity index (χ1n) is 5.67. The number of aliphatic carboxylic acids is 2. The molecular formula is C11H19NO5. The van der Waals surface area contributed by atoms with E-state index < -0.39 is 24.0 Å². The average Bonchev–Trinajstić information content (AvgIpc) is 2.45. The maximum Gasteiger partial charge on any atom is 0.310 e. The molecule has 0 aliphatic carbocycles. The fraction of sp³-hybridized carbons (Fsp3) is 0.818. The van der Waals surface area contributed by atoms with Crippen LogP contribution in [0.2, 0.25) is 0 Å². The topological polar surface area (TPSA) is 98.1 Å². The van der Waals surface area contributed by atoms with Crippen LogP contribution in [-0.2, 0) is 9.59 Å². The Bertz CT molecular complexity index is 302. The number of hydrogen-bond acceptors (Lipinski definition) is 4. The fourth-order valence-corrected chi connectivity index (χ4v) is 2.77. The van der Waals surface area contributed by atoms with Crippen LogP contribution in [0.25, 0.3) is 0 Å². The molecule has 6 nitrogen and oxygen atoms in total. The zero-order valence-corrected chi connectivity index (χ0v) is 10.0. The lowest BCUT2D eigenvalue weighted by atomic mass is 9.88. The molecule has 6 heteroatoms. The van der Waals surface area contributed by atoms with Crippen molar-refractivity contribution in [1.29, 1.82) is 0 Å². The van der Waals surface area contributed by atoms with Crippen LogP contribution in [0, 0.1) is 5.92 Å². The van der Waals surface area contributed by atoms with E-state index in [1.165, 1.54) is 0 Å². The van der Waals surface area contributed by atoms with Crippen LogP contribution in [0.1, 0.15) is 26.2 Å². The lowest BCUT2D eigenvalue weighted by Crippen LogP contribution is -2.51. The van der Waals surface area contributed by atoms with Crippen molar-refractivity contribution in [2.75, 3.05) is 7.05 Å². The first kappa shape index (κ1) is 13.9. The van der Waals surface area contributed by atoms with Crippen LogP contribution < -0.4 is 0 Å². The molecule has 0 radical (unpaired) electrons. The van der Waals surface area contributed by atoms with Gasteiger partial charge in [-0.15, -0.1) is 0 Å². The molecule has 2 fully saturated rings. The second kappa shape index (κ2) is 5.46. The molecule has 4 atom stereocenters. The lowest BCUT2D eigenvalue weighted by Gasteiger charge is -2.38. The van der Waals surface area contributed by atoms with Crippen molar-refractivity contribution in [1.82, 2.24) is 4.90 Å². The quantitative estimate of drug-likeness (QED) is 0.602. The van der Waals surface area contributed by atoms with Crippen LogP contribution in [0.5, 0.6) is 0 Å². The van der Waals surface area contributed by atoms with E-state index in [1.54, 1.807) is 0 Å². The van der Waals surface area contributed by atoms with E-state index in [0.717, 1.165) is 19.8 Å². The number of nitrogens with zero attached hydrogens (tertiary/aromatic N) is 1. The predicted octanol–water partition coefficient (Wildman–Crippen LogP) is 0.00550. The highest BCUT2D eigenvalue weighted by Crippen LogP contribution is 2.38. The molecule has 0 spiro atoms. The fourth-order valence-electron chi connectivity index (χ4n) is 2.77. The van der Waals surface area contributed by atoms with E-state index in [2.05, 4.69) is 4.90 Å². The van der Waals surface area contributed by atoms with E-state index in [-0.39, 0.29) is 6.04 Å². The summed E-state index contributed by atoms with van der Waals surface area (Å²) in [6.45, 7) is 1.08. The van der Waals surface area contributed by atoms with Crippen LogP contribution >= 0.6 is 0 Å². The second-order valence-electron chi connectivity index (χ2n) is 4.65. The molecule has 98 valence electrons. The van der Waals surface area contributed by atoms with E-state index >= 15 is 0 Å². The van der Waals surface area contributed by atoms with Gasteiger partial charge in [0.15, 0.2) is 0 Å². The summed E-state index contributed by atoms with van der Waals surface area (Å²) in [5.41, 5.74) is 0. The van der Waals surface area contributed by atoms with Crippen LogP contribution in [0.3, 0.4) is 0 Å². The van der Waals surface area contributed by atoms with Gasteiger partial charge in [0.25, 0.3) is 5.97 Å². The van der Waals surface area contributed by atoms with Crippen LogP contribution in [-0.4, -0.2) is 57.4 Å². The van der Waals surface area contributed by atoms with Gasteiger partial charge in [0, 0.05) is 19.0 Å². The number of piperidine rings is 1. The van der Waals surface area contributed by atoms with Gasteiger partial charge in [0.05, 0.1) is 12.0 Å². The molecule has 2 bridgehead atoms. The molecule has 0 amide bonds. The monoisotopic (exact) mass is 245 g/mol. The Balaban J connectivity index is 0.000000317. The van der Waals surface area contributed by atoms with E-state index in [9.17, 15) is 9.90 Å². The second-order valence-corrected chi connectivity index (χ2v) is 4.65. The van der Waals surface area contributed by atoms with Crippen molar-refractivity contribution in [2.24, 2.45) is 5.92 Å². The highest BCUT2D eigenvalue weighted by atomic mass is 16.4. The van der Waals surface area contributed by atoms with Crippen molar-refractivity contribution >= 4 is 11.9 Å². The highest BCUT2D eigenvalue weighted by Gasteiger charge is 2.48. The van der Waals surface area contributed by atoms with Gasteiger partial charge < -0.3 is 15.3 Å². The lowest BCUT2D eigenvalue weighted by molar-refractivity contribution is -0.152. The van der Waals surface area contributed by atoms with Gasteiger partial charge >= 0.3 is 5.97 Å². The van der Waals surface area contributed by atoms with Gasteiger partial charge in [0.1, 0.15) is 0 Å². The number of hydrogen-bond donors (Lipinski definition) is 3. The third-order valence-corrected chi connectivity index (χ3v) is 3.52.